The predicted octanol–water partition coefficient (Wildman–Crippen LogP) is 4.95. The number of nitrogens with one attached hydrogen (secondary N) is 1. The van der Waals surface area contributed by atoms with Gasteiger partial charge in [0.05, 0.1) is 17.0 Å². The minimum atomic E-state index is -0.462. The number of amides is 1. The summed E-state index contributed by atoms with van der Waals surface area (Å²) in [6.45, 7) is 1.98. The lowest BCUT2D eigenvalue weighted by molar-refractivity contribution is 0.0952. The third-order valence-electron chi connectivity index (χ3n) is 4.13. The van der Waals surface area contributed by atoms with Crippen LogP contribution in [-0.4, -0.2) is 21.3 Å². The first-order valence-corrected chi connectivity index (χ1v) is 9.60. The van der Waals surface area contributed by atoms with Gasteiger partial charge in [-0.05, 0) is 48.9 Å². The molecule has 2 N–H and O–H groups in total. The van der Waals surface area contributed by atoms with E-state index in [-0.39, 0.29) is 11.3 Å². The largest absolute Gasteiger partial charge is 0.507 e. The number of phenols is 1. The maximum Gasteiger partial charge on any atom is 0.275 e. The van der Waals surface area contributed by atoms with Gasteiger partial charge in [0, 0.05) is 26.9 Å². The van der Waals surface area contributed by atoms with Crippen LogP contribution < -0.4 is 5.43 Å². The molecule has 0 radical (unpaired) electrons. The van der Waals surface area contributed by atoms with E-state index in [2.05, 4.69) is 42.4 Å². The van der Waals surface area contributed by atoms with Crippen LogP contribution in [0.5, 0.6) is 5.75 Å². The summed E-state index contributed by atoms with van der Waals surface area (Å²) < 4.78 is 3.77. The van der Waals surface area contributed by atoms with E-state index in [0.717, 1.165) is 26.8 Å². The van der Waals surface area contributed by atoms with Crippen molar-refractivity contribution in [3.8, 4) is 5.75 Å². The number of hydrogen-bond acceptors (Lipinski definition) is 3. The highest BCUT2D eigenvalue weighted by atomic mass is 79.9. The van der Waals surface area contributed by atoms with Gasteiger partial charge in [0.25, 0.3) is 5.91 Å². The topological polar surface area (TPSA) is 66.6 Å². The quantitative estimate of drug-likeness (QED) is 0.411. The fourth-order valence-corrected chi connectivity index (χ4v) is 3.52. The highest BCUT2D eigenvalue weighted by Crippen LogP contribution is 2.24. The van der Waals surface area contributed by atoms with Crippen LogP contribution in [0.2, 0.25) is 0 Å². The molecular formula is C19H17Br2N3O2. The highest BCUT2D eigenvalue weighted by Gasteiger charge is 2.14. The van der Waals surface area contributed by atoms with Crippen LogP contribution in [0.15, 0.2) is 56.5 Å². The van der Waals surface area contributed by atoms with Crippen LogP contribution in [0.4, 0.5) is 0 Å². The number of fused-ring (bicyclic) bond motifs is 1. The van der Waals surface area contributed by atoms with Crippen LogP contribution in [0.25, 0.3) is 10.9 Å². The highest BCUT2D eigenvalue weighted by molar-refractivity contribution is 9.10. The first-order chi connectivity index (χ1) is 12.4. The number of nitrogens with zero attached hydrogens (tertiary/aromatic N) is 2. The Bertz CT molecular complexity index is 1030. The summed E-state index contributed by atoms with van der Waals surface area (Å²) in [7, 11) is 1.97. The summed E-state index contributed by atoms with van der Waals surface area (Å²) in [6.07, 6.45) is 0.649. The minimum absolute atomic E-state index is 0.0894. The van der Waals surface area contributed by atoms with Crippen molar-refractivity contribution in [2.24, 2.45) is 12.1 Å². The summed E-state index contributed by atoms with van der Waals surface area (Å²) in [4.78, 5) is 12.4. The molecule has 0 atom stereocenters. The fourth-order valence-electron chi connectivity index (χ4n) is 2.78. The second-order valence-corrected chi connectivity index (χ2v) is 7.64. The second-order valence-electron chi connectivity index (χ2n) is 5.81. The number of rotatable bonds is 4. The van der Waals surface area contributed by atoms with Crippen molar-refractivity contribution in [1.82, 2.24) is 9.99 Å². The Kier molecular flexibility index (Phi) is 5.48. The van der Waals surface area contributed by atoms with E-state index in [1.807, 2.05) is 42.8 Å². The molecule has 3 rings (SSSR count). The molecule has 3 aromatic rings. The number of benzene rings is 2. The fraction of sp³-hybridized carbons (Fsp3) is 0.158. The molecule has 2 aromatic carbocycles. The molecule has 26 heavy (non-hydrogen) atoms. The first kappa shape index (κ1) is 18.7. The summed E-state index contributed by atoms with van der Waals surface area (Å²) in [5.74, 6) is -0.551. The number of aromatic nitrogens is 1. The van der Waals surface area contributed by atoms with Gasteiger partial charge >= 0.3 is 0 Å². The van der Waals surface area contributed by atoms with Crippen molar-refractivity contribution < 1.29 is 9.90 Å². The predicted molar refractivity (Wildman–Crippen MR) is 111 cm³/mol. The Labute approximate surface area is 168 Å². The van der Waals surface area contributed by atoms with Gasteiger partial charge < -0.3 is 9.67 Å². The molecule has 0 aliphatic rings. The van der Waals surface area contributed by atoms with Crippen LogP contribution in [-0.2, 0) is 7.05 Å². The number of hydrogen-bond donors (Lipinski definition) is 2. The third-order valence-corrected chi connectivity index (χ3v) is 5.12. The Hall–Kier alpha value is -2.12. The molecule has 1 heterocycles. The molecule has 0 fully saturated rings. The number of aromatic hydroxyl groups is 1. The number of phenolic OH excluding ortho intramolecular Hbond substituents is 1. The summed E-state index contributed by atoms with van der Waals surface area (Å²) in [5, 5.41) is 15.3. The summed E-state index contributed by atoms with van der Waals surface area (Å²) in [5.41, 5.74) is 5.48. The molecular weight excluding hydrogens is 462 g/mol. The monoisotopic (exact) mass is 477 g/mol. The normalized spacial score (nSPS) is 11.8. The average Bonchev–Trinajstić information content (AvgIpc) is 2.93. The molecule has 134 valence electrons. The van der Waals surface area contributed by atoms with E-state index in [1.54, 1.807) is 12.1 Å². The maximum absolute atomic E-state index is 12.4. The molecule has 1 amide bonds. The molecule has 1 aromatic heterocycles. The van der Waals surface area contributed by atoms with Crippen molar-refractivity contribution in [2.75, 3.05) is 0 Å². The molecule has 0 unspecified atom stereocenters. The Balaban J connectivity index is 1.92. The molecule has 0 spiro atoms. The van der Waals surface area contributed by atoms with Crippen LogP contribution >= 0.6 is 31.9 Å². The Morgan fingerprint density at radius 3 is 2.58 bits per heavy atom. The maximum atomic E-state index is 12.4. The van der Waals surface area contributed by atoms with Gasteiger partial charge in [0.2, 0.25) is 0 Å². The van der Waals surface area contributed by atoms with E-state index in [4.69, 9.17) is 0 Å². The van der Waals surface area contributed by atoms with Gasteiger partial charge in [-0.3, -0.25) is 4.79 Å². The van der Waals surface area contributed by atoms with E-state index < -0.39 is 5.91 Å². The molecule has 0 saturated heterocycles. The number of aryl methyl sites for hydroxylation is 1. The van der Waals surface area contributed by atoms with Gasteiger partial charge in [-0.1, -0.05) is 38.8 Å². The molecule has 0 saturated carbocycles. The zero-order valence-electron chi connectivity index (χ0n) is 14.3. The Morgan fingerprint density at radius 2 is 1.85 bits per heavy atom. The van der Waals surface area contributed by atoms with E-state index in [0.29, 0.717) is 10.9 Å². The zero-order chi connectivity index (χ0) is 18.8. The van der Waals surface area contributed by atoms with Gasteiger partial charge in [-0.15, -0.1) is 0 Å². The van der Waals surface area contributed by atoms with Gasteiger partial charge in [0.15, 0.2) is 0 Å². The standard InChI is InChI=1S/C19H17Br2N3O2/c1-3-15(17-9-11-8-12(20)4-6-16(11)24(17)2)22-23-19(26)14-10-13(21)5-7-18(14)25/h4-10,25H,3H2,1-2H3,(H,23,26)/b22-15+. The number of carbonyl (C=O) groups excluding carboxylic acids is 1. The molecule has 0 aliphatic heterocycles. The zero-order valence-corrected chi connectivity index (χ0v) is 17.4. The van der Waals surface area contributed by atoms with E-state index in [9.17, 15) is 9.90 Å². The van der Waals surface area contributed by atoms with Crippen LogP contribution in [0.1, 0.15) is 29.4 Å². The number of carbonyl (C=O) groups is 1. The smallest absolute Gasteiger partial charge is 0.275 e. The van der Waals surface area contributed by atoms with E-state index >= 15 is 0 Å². The average molecular weight is 479 g/mol. The number of halogens is 2. The van der Waals surface area contributed by atoms with Crippen molar-refractivity contribution in [3.63, 3.8) is 0 Å². The van der Waals surface area contributed by atoms with Gasteiger partial charge in [-0.25, -0.2) is 5.43 Å². The summed E-state index contributed by atoms with van der Waals surface area (Å²) in [6, 6.07) is 12.8. The van der Waals surface area contributed by atoms with Crippen molar-refractivity contribution in [1.29, 1.82) is 0 Å². The number of hydrazone groups is 1. The summed E-state index contributed by atoms with van der Waals surface area (Å²) >= 11 is 6.78. The molecule has 5 nitrogen and oxygen atoms in total. The SMILES string of the molecule is CC/C(=N\NC(=O)c1cc(Br)ccc1O)c1cc2cc(Br)ccc2n1C. The van der Waals surface area contributed by atoms with Crippen molar-refractivity contribution in [2.45, 2.75) is 13.3 Å². The second kappa shape index (κ2) is 7.63. The lowest BCUT2D eigenvalue weighted by atomic mass is 10.2. The lowest BCUT2D eigenvalue weighted by Gasteiger charge is -2.08. The molecule has 0 aliphatic carbocycles. The van der Waals surface area contributed by atoms with Crippen molar-refractivity contribution >= 4 is 54.4 Å². The Morgan fingerprint density at radius 1 is 1.15 bits per heavy atom. The molecule has 7 heteroatoms. The minimum Gasteiger partial charge on any atom is -0.507 e. The first-order valence-electron chi connectivity index (χ1n) is 8.01. The van der Waals surface area contributed by atoms with Crippen LogP contribution in [0, 0.1) is 0 Å². The van der Waals surface area contributed by atoms with Gasteiger partial charge in [0.1, 0.15) is 5.75 Å². The van der Waals surface area contributed by atoms with E-state index in [1.165, 1.54) is 6.07 Å². The van der Waals surface area contributed by atoms with Crippen LogP contribution in [0.3, 0.4) is 0 Å². The third kappa shape index (κ3) is 3.68. The van der Waals surface area contributed by atoms with Gasteiger partial charge in [-0.2, -0.15) is 5.10 Å². The molecule has 0 bridgehead atoms. The van der Waals surface area contributed by atoms with Crippen molar-refractivity contribution in [3.05, 3.63) is 62.7 Å². The lowest BCUT2D eigenvalue weighted by Crippen LogP contribution is -2.21.